The molecule has 0 heterocycles. The summed E-state index contributed by atoms with van der Waals surface area (Å²) in [5.41, 5.74) is 0. The zero-order valence-electron chi connectivity index (χ0n) is 8.33. The van der Waals surface area contributed by atoms with Crippen molar-refractivity contribution in [3.63, 3.8) is 0 Å². The van der Waals surface area contributed by atoms with Crippen molar-refractivity contribution in [2.24, 2.45) is 0 Å². The van der Waals surface area contributed by atoms with Gasteiger partial charge in [-0.15, -0.1) is 0 Å². The van der Waals surface area contributed by atoms with Crippen LogP contribution in [-0.4, -0.2) is 20.5 Å². The largest absolute Gasteiger partial charge is 0.497 e. The van der Waals surface area contributed by atoms with Crippen LogP contribution in [0.1, 0.15) is 0 Å². The number of rotatable bonds is 5. The molecule has 0 radical (unpaired) electrons. The van der Waals surface area contributed by atoms with Crippen molar-refractivity contribution in [2.45, 2.75) is 0 Å². The van der Waals surface area contributed by atoms with Crippen LogP contribution in [-0.2, 0) is 4.74 Å². The van der Waals surface area contributed by atoms with Gasteiger partial charge in [-0.1, -0.05) is 5.92 Å². The van der Waals surface area contributed by atoms with E-state index in [1.807, 2.05) is 46.9 Å². The molecule has 3 nitrogen and oxygen atoms in total. The Morgan fingerprint density at radius 2 is 1.87 bits per heavy atom. The molecule has 0 aliphatic heterocycles. The summed E-state index contributed by atoms with van der Waals surface area (Å²) in [6.45, 7) is 0.594. The van der Waals surface area contributed by atoms with Crippen molar-refractivity contribution >= 4 is 22.6 Å². The lowest BCUT2D eigenvalue weighted by molar-refractivity contribution is 0.0333. The fourth-order valence-electron chi connectivity index (χ4n) is 0.902. The van der Waals surface area contributed by atoms with Crippen LogP contribution in [0.15, 0.2) is 24.3 Å². The summed E-state index contributed by atoms with van der Waals surface area (Å²) in [6.07, 6.45) is 0. The zero-order chi connectivity index (χ0) is 10.9. The van der Waals surface area contributed by atoms with Crippen LogP contribution < -0.4 is 9.47 Å². The second kappa shape index (κ2) is 7.37. The lowest BCUT2D eigenvalue weighted by atomic mass is 10.3. The van der Waals surface area contributed by atoms with Crippen molar-refractivity contribution < 1.29 is 14.2 Å². The Morgan fingerprint density at radius 1 is 1.20 bits per heavy atom. The van der Waals surface area contributed by atoms with Gasteiger partial charge in [0.2, 0.25) is 0 Å². The van der Waals surface area contributed by atoms with E-state index < -0.39 is 0 Å². The van der Waals surface area contributed by atoms with E-state index in [0.717, 1.165) is 11.5 Å². The summed E-state index contributed by atoms with van der Waals surface area (Å²) in [5, 5.41) is 0. The standard InChI is InChI=1S/C11H11IO3/c1-13-10-3-5-11(6-4-10)15-9-14-8-2-7-12/h3-6H,8-9H2,1H3. The highest BCUT2D eigenvalue weighted by Crippen LogP contribution is 2.16. The van der Waals surface area contributed by atoms with Crippen molar-refractivity contribution in [1.29, 1.82) is 0 Å². The van der Waals surface area contributed by atoms with E-state index in [4.69, 9.17) is 14.2 Å². The fraction of sp³-hybridized carbons (Fsp3) is 0.273. The average molecular weight is 318 g/mol. The van der Waals surface area contributed by atoms with Gasteiger partial charge in [0.05, 0.1) is 7.11 Å². The van der Waals surface area contributed by atoms with E-state index in [1.54, 1.807) is 7.11 Å². The van der Waals surface area contributed by atoms with Crippen LogP contribution in [0, 0.1) is 9.85 Å². The predicted molar refractivity (Wildman–Crippen MR) is 66.2 cm³/mol. The molecule has 0 amide bonds. The minimum Gasteiger partial charge on any atom is -0.497 e. The highest BCUT2D eigenvalue weighted by molar-refractivity contribution is 14.1. The van der Waals surface area contributed by atoms with Crippen molar-refractivity contribution in [3.8, 4) is 21.3 Å². The third kappa shape index (κ3) is 4.91. The number of ether oxygens (including phenoxy) is 3. The molecule has 0 aromatic heterocycles. The smallest absolute Gasteiger partial charge is 0.190 e. The van der Waals surface area contributed by atoms with E-state index in [-0.39, 0.29) is 6.79 Å². The third-order valence-electron chi connectivity index (χ3n) is 1.61. The van der Waals surface area contributed by atoms with E-state index in [0.29, 0.717) is 6.61 Å². The molecule has 0 aliphatic rings. The predicted octanol–water partition coefficient (Wildman–Crippen LogP) is 2.44. The zero-order valence-corrected chi connectivity index (χ0v) is 10.5. The summed E-state index contributed by atoms with van der Waals surface area (Å²) < 4.78 is 18.1. The minimum atomic E-state index is 0.206. The van der Waals surface area contributed by atoms with E-state index >= 15 is 0 Å². The van der Waals surface area contributed by atoms with Crippen molar-refractivity contribution in [2.75, 3.05) is 20.5 Å². The number of methoxy groups -OCH3 is 1. The van der Waals surface area contributed by atoms with Crippen LogP contribution in [0.2, 0.25) is 0 Å². The Morgan fingerprint density at radius 3 is 2.47 bits per heavy atom. The van der Waals surface area contributed by atoms with Crippen LogP contribution in [0.3, 0.4) is 0 Å². The monoisotopic (exact) mass is 318 g/mol. The van der Waals surface area contributed by atoms with Gasteiger partial charge in [-0.05, 0) is 28.2 Å². The van der Waals surface area contributed by atoms with Crippen LogP contribution in [0.4, 0.5) is 0 Å². The quantitative estimate of drug-likeness (QED) is 0.361. The average Bonchev–Trinajstić information content (AvgIpc) is 2.30. The molecule has 0 saturated carbocycles. The maximum atomic E-state index is 5.30. The first-order valence-electron chi connectivity index (χ1n) is 4.30. The van der Waals surface area contributed by atoms with Gasteiger partial charge in [-0.2, -0.15) is 0 Å². The molecule has 1 aromatic carbocycles. The molecule has 1 rings (SSSR count). The first-order valence-corrected chi connectivity index (χ1v) is 5.38. The molecule has 0 unspecified atom stereocenters. The van der Waals surface area contributed by atoms with Crippen molar-refractivity contribution in [1.82, 2.24) is 0 Å². The lowest BCUT2D eigenvalue weighted by Gasteiger charge is -2.05. The van der Waals surface area contributed by atoms with Gasteiger partial charge in [0.1, 0.15) is 18.1 Å². The van der Waals surface area contributed by atoms with Crippen LogP contribution in [0.5, 0.6) is 11.5 Å². The molecular weight excluding hydrogens is 307 g/mol. The molecule has 0 fully saturated rings. The minimum absolute atomic E-state index is 0.206. The fourth-order valence-corrected chi connectivity index (χ4v) is 1.06. The molecule has 4 heteroatoms. The molecule has 0 aliphatic carbocycles. The molecule has 15 heavy (non-hydrogen) atoms. The van der Waals surface area contributed by atoms with Gasteiger partial charge >= 0.3 is 0 Å². The molecular formula is C11H11IO3. The molecule has 0 N–H and O–H groups in total. The molecule has 0 spiro atoms. The van der Waals surface area contributed by atoms with E-state index in [2.05, 4.69) is 9.85 Å². The first kappa shape index (κ1) is 12.1. The Bertz CT molecular complexity index is 337. The van der Waals surface area contributed by atoms with Crippen LogP contribution in [0.25, 0.3) is 0 Å². The summed E-state index contributed by atoms with van der Waals surface area (Å²) >= 11 is 1.96. The lowest BCUT2D eigenvalue weighted by Crippen LogP contribution is -2.02. The second-order valence-electron chi connectivity index (χ2n) is 2.56. The summed E-state index contributed by atoms with van der Waals surface area (Å²) in [5.74, 6) is 4.32. The number of hydrogen-bond acceptors (Lipinski definition) is 3. The second-order valence-corrected chi connectivity index (χ2v) is 3.10. The van der Waals surface area contributed by atoms with Gasteiger partial charge in [0, 0.05) is 22.6 Å². The molecule has 0 bridgehead atoms. The highest BCUT2D eigenvalue weighted by Gasteiger charge is 1.94. The summed E-state index contributed by atoms with van der Waals surface area (Å²) in [4.78, 5) is 0. The van der Waals surface area contributed by atoms with Gasteiger partial charge in [-0.3, -0.25) is 0 Å². The van der Waals surface area contributed by atoms with E-state index in [1.165, 1.54) is 0 Å². The van der Waals surface area contributed by atoms with Crippen molar-refractivity contribution in [3.05, 3.63) is 24.3 Å². The maximum Gasteiger partial charge on any atom is 0.190 e. The Kier molecular flexibility index (Phi) is 5.97. The third-order valence-corrected chi connectivity index (χ3v) is 1.99. The normalized spacial score (nSPS) is 8.93. The molecule has 0 saturated heterocycles. The maximum absolute atomic E-state index is 5.30. The van der Waals surface area contributed by atoms with Crippen LogP contribution >= 0.6 is 22.6 Å². The number of benzene rings is 1. The summed E-state index contributed by atoms with van der Waals surface area (Å²) in [6, 6.07) is 7.32. The molecule has 0 atom stereocenters. The number of hydrogen-bond donors (Lipinski definition) is 0. The van der Waals surface area contributed by atoms with Gasteiger partial charge in [0.25, 0.3) is 0 Å². The molecule has 1 aromatic rings. The SMILES string of the molecule is COc1ccc(OCOCC#CI)cc1. The summed E-state index contributed by atoms with van der Waals surface area (Å²) in [7, 11) is 1.63. The first-order chi connectivity index (χ1) is 7.36. The van der Waals surface area contributed by atoms with Gasteiger partial charge < -0.3 is 14.2 Å². The topological polar surface area (TPSA) is 27.7 Å². The Labute approximate surface area is 103 Å². The van der Waals surface area contributed by atoms with Gasteiger partial charge in [0.15, 0.2) is 6.79 Å². The highest BCUT2D eigenvalue weighted by atomic mass is 127. The Hall–Kier alpha value is -0.930. The molecule has 80 valence electrons. The Balaban J connectivity index is 2.27. The number of halogens is 1. The van der Waals surface area contributed by atoms with E-state index in [9.17, 15) is 0 Å². The van der Waals surface area contributed by atoms with Gasteiger partial charge in [-0.25, -0.2) is 0 Å².